The number of carbonyl (C=O) groups excluding carboxylic acids is 1. The summed E-state index contributed by atoms with van der Waals surface area (Å²) in [6.07, 6.45) is 0.771. The normalized spacial score (nSPS) is 13.5. The Morgan fingerprint density at radius 2 is 1.42 bits per heavy atom. The van der Waals surface area contributed by atoms with Gasteiger partial charge in [-0.25, -0.2) is 0 Å². The molecule has 0 spiro atoms. The van der Waals surface area contributed by atoms with Gasteiger partial charge < -0.3 is 9.47 Å². The highest BCUT2D eigenvalue weighted by atomic mass is 33.1. The number of methoxy groups -OCH3 is 2. The first-order valence-corrected chi connectivity index (χ1v) is 8.55. The Bertz CT molecular complexity index is 299. The molecule has 0 amide bonds. The molecule has 5 heteroatoms. The van der Waals surface area contributed by atoms with Gasteiger partial charge >= 0.3 is 5.97 Å². The molecule has 0 saturated carbocycles. The zero-order valence-corrected chi connectivity index (χ0v) is 15.1. The molecule has 0 aromatic carbocycles. The minimum atomic E-state index is -0.461. The van der Waals surface area contributed by atoms with E-state index in [1.165, 1.54) is 7.11 Å². The van der Waals surface area contributed by atoms with Crippen LogP contribution in [0.3, 0.4) is 0 Å². The maximum absolute atomic E-state index is 11.8. The topological polar surface area (TPSA) is 35.5 Å². The number of hydrogen-bond acceptors (Lipinski definition) is 5. The van der Waals surface area contributed by atoms with Crippen LogP contribution in [0.1, 0.15) is 48.0 Å². The standard InChI is InChI=1S/C14H28O3S2/c1-12(2,11(15)17-8)9-13(3,4)18-19-14(5,6)10-16-7/h9-10H2,1-8H3. The Morgan fingerprint density at radius 1 is 0.947 bits per heavy atom. The molecular weight excluding hydrogens is 280 g/mol. The highest BCUT2D eigenvalue weighted by Crippen LogP contribution is 2.48. The van der Waals surface area contributed by atoms with Crippen LogP contribution < -0.4 is 0 Å². The molecule has 0 unspecified atom stereocenters. The Balaban J connectivity index is 4.52. The summed E-state index contributed by atoms with van der Waals surface area (Å²) in [4.78, 5) is 11.8. The fraction of sp³-hybridized carbons (Fsp3) is 0.929. The predicted octanol–water partition coefficient (Wildman–Crippen LogP) is 4.16. The second kappa shape index (κ2) is 7.23. The summed E-state index contributed by atoms with van der Waals surface area (Å²) in [5.41, 5.74) is -0.461. The van der Waals surface area contributed by atoms with E-state index in [1.54, 1.807) is 7.11 Å². The van der Waals surface area contributed by atoms with Crippen LogP contribution in [0.4, 0.5) is 0 Å². The molecule has 0 radical (unpaired) electrons. The lowest BCUT2D eigenvalue weighted by molar-refractivity contribution is -0.151. The largest absolute Gasteiger partial charge is 0.469 e. The lowest BCUT2D eigenvalue weighted by atomic mass is 9.84. The molecule has 0 atom stereocenters. The summed E-state index contributed by atoms with van der Waals surface area (Å²) in [5.74, 6) is -0.151. The second-order valence-corrected chi connectivity index (χ2v) is 10.2. The second-order valence-electron chi connectivity index (χ2n) is 6.67. The minimum Gasteiger partial charge on any atom is -0.469 e. The van der Waals surface area contributed by atoms with Gasteiger partial charge in [0.15, 0.2) is 0 Å². The molecule has 0 aliphatic heterocycles. The predicted molar refractivity (Wildman–Crippen MR) is 85.6 cm³/mol. The maximum Gasteiger partial charge on any atom is 0.311 e. The monoisotopic (exact) mass is 308 g/mol. The summed E-state index contributed by atoms with van der Waals surface area (Å²) < 4.78 is 10.1. The number of esters is 1. The molecule has 0 heterocycles. The fourth-order valence-electron chi connectivity index (χ4n) is 2.04. The Morgan fingerprint density at radius 3 is 1.84 bits per heavy atom. The lowest BCUT2D eigenvalue weighted by Crippen LogP contribution is -2.33. The van der Waals surface area contributed by atoms with Crippen LogP contribution in [0.25, 0.3) is 0 Å². The quantitative estimate of drug-likeness (QED) is 0.497. The average Bonchev–Trinajstić information content (AvgIpc) is 2.24. The van der Waals surface area contributed by atoms with Crippen molar-refractivity contribution in [1.29, 1.82) is 0 Å². The van der Waals surface area contributed by atoms with Crippen LogP contribution in [-0.2, 0) is 14.3 Å². The molecule has 0 aliphatic rings. The van der Waals surface area contributed by atoms with Crippen molar-refractivity contribution < 1.29 is 14.3 Å². The van der Waals surface area contributed by atoms with E-state index in [4.69, 9.17) is 9.47 Å². The van der Waals surface area contributed by atoms with Crippen LogP contribution in [-0.4, -0.2) is 36.3 Å². The van der Waals surface area contributed by atoms with Crippen LogP contribution in [0.15, 0.2) is 0 Å². The first-order valence-electron chi connectivity index (χ1n) is 6.40. The summed E-state index contributed by atoms with van der Waals surface area (Å²) in [6.45, 7) is 13.2. The fourth-order valence-corrected chi connectivity index (χ4v) is 4.75. The van der Waals surface area contributed by atoms with E-state index in [9.17, 15) is 4.79 Å². The summed E-state index contributed by atoms with van der Waals surface area (Å²) in [6, 6.07) is 0. The van der Waals surface area contributed by atoms with Gasteiger partial charge in [-0.15, -0.1) is 0 Å². The van der Waals surface area contributed by atoms with Crippen LogP contribution >= 0.6 is 21.6 Å². The average molecular weight is 309 g/mol. The highest BCUT2D eigenvalue weighted by molar-refractivity contribution is 8.77. The van der Waals surface area contributed by atoms with Gasteiger partial charge in [0.05, 0.1) is 19.1 Å². The molecule has 0 rings (SSSR count). The van der Waals surface area contributed by atoms with Crippen molar-refractivity contribution in [3.8, 4) is 0 Å². The third kappa shape index (κ3) is 7.47. The lowest BCUT2D eigenvalue weighted by Gasteiger charge is -2.34. The maximum atomic E-state index is 11.8. The first-order chi connectivity index (χ1) is 8.46. The van der Waals surface area contributed by atoms with E-state index in [2.05, 4.69) is 27.7 Å². The summed E-state index contributed by atoms with van der Waals surface area (Å²) in [7, 11) is 6.78. The van der Waals surface area contributed by atoms with Crippen LogP contribution in [0.5, 0.6) is 0 Å². The van der Waals surface area contributed by atoms with Crippen molar-refractivity contribution in [2.75, 3.05) is 20.8 Å². The number of ether oxygens (including phenoxy) is 2. The van der Waals surface area contributed by atoms with Gasteiger partial charge in [-0.2, -0.15) is 0 Å². The van der Waals surface area contributed by atoms with E-state index in [-0.39, 0.29) is 15.5 Å². The number of hydrogen-bond donors (Lipinski definition) is 0. The molecule has 19 heavy (non-hydrogen) atoms. The third-order valence-corrected chi connectivity index (χ3v) is 6.80. The van der Waals surface area contributed by atoms with Gasteiger partial charge in [0, 0.05) is 16.6 Å². The third-order valence-electron chi connectivity index (χ3n) is 2.59. The van der Waals surface area contributed by atoms with E-state index in [0.29, 0.717) is 6.61 Å². The van der Waals surface area contributed by atoms with Gasteiger partial charge in [-0.1, -0.05) is 21.6 Å². The molecule has 114 valence electrons. The van der Waals surface area contributed by atoms with Gasteiger partial charge in [-0.05, 0) is 48.0 Å². The van der Waals surface area contributed by atoms with E-state index in [0.717, 1.165) is 6.42 Å². The SMILES string of the molecule is COCC(C)(C)SSC(C)(C)CC(C)(C)C(=O)OC. The molecular formula is C14H28O3S2. The molecule has 0 N–H and O–H groups in total. The van der Waals surface area contributed by atoms with Gasteiger partial charge in [0.25, 0.3) is 0 Å². The zero-order valence-electron chi connectivity index (χ0n) is 13.5. The Kier molecular flexibility index (Phi) is 7.28. The number of carbonyl (C=O) groups is 1. The smallest absolute Gasteiger partial charge is 0.311 e. The molecule has 0 saturated heterocycles. The van der Waals surface area contributed by atoms with Crippen molar-refractivity contribution in [2.45, 2.75) is 57.5 Å². The first kappa shape index (κ1) is 19.1. The van der Waals surface area contributed by atoms with Gasteiger partial charge in [0.1, 0.15) is 0 Å². The van der Waals surface area contributed by atoms with Gasteiger partial charge in [-0.3, -0.25) is 4.79 Å². The van der Waals surface area contributed by atoms with E-state index >= 15 is 0 Å². The zero-order chi connectivity index (χ0) is 15.3. The van der Waals surface area contributed by atoms with Gasteiger partial charge in [0.2, 0.25) is 0 Å². The summed E-state index contributed by atoms with van der Waals surface area (Å²) in [5, 5.41) is 0. The van der Waals surface area contributed by atoms with Crippen molar-refractivity contribution in [2.24, 2.45) is 5.41 Å². The highest BCUT2D eigenvalue weighted by Gasteiger charge is 2.37. The Labute approximate surface area is 126 Å². The number of rotatable bonds is 8. The molecule has 3 nitrogen and oxygen atoms in total. The van der Waals surface area contributed by atoms with Crippen molar-refractivity contribution in [3.05, 3.63) is 0 Å². The van der Waals surface area contributed by atoms with Crippen molar-refractivity contribution in [3.63, 3.8) is 0 Å². The van der Waals surface area contributed by atoms with Crippen LogP contribution in [0.2, 0.25) is 0 Å². The summed E-state index contributed by atoms with van der Waals surface area (Å²) >= 11 is 0. The molecule has 0 aromatic rings. The van der Waals surface area contributed by atoms with Crippen LogP contribution in [0, 0.1) is 5.41 Å². The van der Waals surface area contributed by atoms with E-state index < -0.39 is 5.41 Å². The molecule has 0 bridgehead atoms. The van der Waals surface area contributed by atoms with E-state index in [1.807, 2.05) is 35.4 Å². The molecule has 0 aromatic heterocycles. The van der Waals surface area contributed by atoms with Crippen molar-refractivity contribution >= 4 is 27.6 Å². The molecule has 0 aliphatic carbocycles. The van der Waals surface area contributed by atoms with Crippen molar-refractivity contribution in [1.82, 2.24) is 0 Å². The molecule has 0 fully saturated rings. The minimum absolute atomic E-state index is 0.00658. The Hall–Kier alpha value is 0.130.